The molecule has 0 unspecified atom stereocenters. The average Bonchev–Trinajstić information content (AvgIpc) is 2.20. The molecule has 1 saturated carbocycles. The van der Waals surface area contributed by atoms with E-state index in [4.69, 9.17) is 0 Å². The lowest BCUT2D eigenvalue weighted by Crippen LogP contribution is -1.99. The van der Waals surface area contributed by atoms with E-state index in [9.17, 15) is 0 Å². The molecule has 0 nitrogen and oxygen atoms in total. The van der Waals surface area contributed by atoms with E-state index in [2.05, 4.69) is 27.0 Å². The molecule has 1 rings (SSSR count). The third-order valence-electron chi connectivity index (χ3n) is 2.42. The zero-order chi connectivity index (χ0) is 10.8. The van der Waals surface area contributed by atoms with Crippen molar-refractivity contribution in [3.8, 4) is 0 Å². The summed E-state index contributed by atoms with van der Waals surface area (Å²) in [6.45, 7) is 11.7. The van der Waals surface area contributed by atoms with E-state index < -0.39 is 0 Å². The Kier molecular flexibility index (Phi) is 8.72. The molecule has 0 saturated heterocycles. The summed E-state index contributed by atoms with van der Waals surface area (Å²) in [7, 11) is 0. The summed E-state index contributed by atoms with van der Waals surface area (Å²) in [4.78, 5) is 0. The predicted molar refractivity (Wildman–Crippen MR) is 66.2 cm³/mol. The number of hydrogen-bond donors (Lipinski definition) is 0. The summed E-state index contributed by atoms with van der Waals surface area (Å²) in [6.07, 6.45) is 11.9. The fraction of sp³-hybridized carbons (Fsp3) is 0.643. The van der Waals surface area contributed by atoms with Gasteiger partial charge in [0.15, 0.2) is 0 Å². The maximum atomic E-state index is 3.75. The van der Waals surface area contributed by atoms with Crippen LogP contribution in [0, 0.1) is 11.8 Å². The van der Waals surface area contributed by atoms with E-state index in [1.165, 1.54) is 32.1 Å². The van der Waals surface area contributed by atoms with Crippen molar-refractivity contribution in [2.24, 2.45) is 5.92 Å². The van der Waals surface area contributed by atoms with E-state index in [0.717, 1.165) is 12.3 Å². The second-order valence-electron chi connectivity index (χ2n) is 4.34. The summed E-state index contributed by atoms with van der Waals surface area (Å²) < 4.78 is 0. The monoisotopic (exact) mass is 193 g/mol. The van der Waals surface area contributed by atoms with E-state index in [-0.39, 0.29) is 0 Å². The summed E-state index contributed by atoms with van der Waals surface area (Å²) in [5.41, 5.74) is 0. The molecule has 0 N–H and O–H groups in total. The highest BCUT2D eigenvalue weighted by molar-refractivity contribution is 5.06. The molecule has 81 valence electrons. The molecular formula is C14H25. The Bertz CT molecular complexity index is 138. The van der Waals surface area contributed by atoms with Crippen molar-refractivity contribution in [3.05, 3.63) is 31.2 Å². The topological polar surface area (TPSA) is 0 Å². The van der Waals surface area contributed by atoms with Crippen molar-refractivity contribution in [2.75, 3.05) is 0 Å². The Labute approximate surface area is 90.1 Å². The van der Waals surface area contributed by atoms with Gasteiger partial charge in [-0.15, -0.1) is 13.2 Å². The highest BCUT2D eigenvalue weighted by atomic mass is 14.1. The molecule has 0 aromatic rings. The van der Waals surface area contributed by atoms with Gasteiger partial charge < -0.3 is 0 Å². The largest absolute Gasteiger partial charge is 0.103 e. The maximum Gasteiger partial charge on any atom is -0.00301 e. The normalized spacial score (nSPS) is 17.1. The van der Waals surface area contributed by atoms with Crippen LogP contribution < -0.4 is 0 Å². The van der Waals surface area contributed by atoms with Crippen LogP contribution >= 0.6 is 0 Å². The Hall–Kier alpha value is -0.520. The van der Waals surface area contributed by atoms with Crippen LogP contribution in [0.5, 0.6) is 0 Å². The van der Waals surface area contributed by atoms with Crippen LogP contribution in [0.1, 0.15) is 52.4 Å². The molecule has 0 aromatic heterocycles. The first-order valence-electron chi connectivity index (χ1n) is 5.78. The van der Waals surface area contributed by atoms with Gasteiger partial charge in [-0.1, -0.05) is 45.3 Å². The number of rotatable bonds is 3. The summed E-state index contributed by atoms with van der Waals surface area (Å²) in [6, 6.07) is 0. The number of allylic oxidation sites excluding steroid dienone is 2. The summed E-state index contributed by atoms with van der Waals surface area (Å²) >= 11 is 0. The first-order valence-corrected chi connectivity index (χ1v) is 5.78. The highest BCUT2D eigenvalue weighted by Crippen LogP contribution is 2.25. The minimum Gasteiger partial charge on any atom is -0.103 e. The van der Waals surface area contributed by atoms with Crippen LogP contribution in [-0.4, -0.2) is 0 Å². The van der Waals surface area contributed by atoms with Crippen molar-refractivity contribution in [3.63, 3.8) is 0 Å². The summed E-state index contributed by atoms with van der Waals surface area (Å²) in [5.74, 6) is 2.35. The Morgan fingerprint density at radius 1 is 1.14 bits per heavy atom. The molecule has 0 bridgehead atoms. The lowest BCUT2D eigenvalue weighted by atomic mass is 9.90. The highest BCUT2D eigenvalue weighted by Gasteiger charge is 2.08. The SMILES string of the molecule is C=CCC(C)C.C=C[C]1CCCCC1. The van der Waals surface area contributed by atoms with Crippen molar-refractivity contribution < 1.29 is 0 Å². The van der Waals surface area contributed by atoms with Crippen molar-refractivity contribution >= 4 is 0 Å². The van der Waals surface area contributed by atoms with E-state index in [1.54, 1.807) is 5.92 Å². The van der Waals surface area contributed by atoms with E-state index in [0.29, 0.717) is 0 Å². The third kappa shape index (κ3) is 8.10. The Morgan fingerprint density at radius 3 is 1.93 bits per heavy atom. The quantitative estimate of drug-likeness (QED) is 0.557. The molecule has 14 heavy (non-hydrogen) atoms. The van der Waals surface area contributed by atoms with Crippen LogP contribution in [0.3, 0.4) is 0 Å². The average molecular weight is 193 g/mol. The molecular weight excluding hydrogens is 168 g/mol. The smallest absolute Gasteiger partial charge is 0.00301 e. The zero-order valence-electron chi connectivity index (χ0n) is 9.89. The van der Waals surface area contributed by atoms with Crippen LogP contribution in [0.15, 0.2) is 25.3 Å². The fourth-order valence-corrected chi connectivity index (χ4v) is 1.54. The third-order valence-corrected chi connectivity index (χ3v) is 2.42. The number of hydrogen-bond acceptors (Lipinski definition) is 0. The second kappa shape index (κ2) is 9.05. The molecule has 0 spiro atoms. The molecule has 1 radical (unpaired) electrons. The lowest BCUT2D eigenvalue weighted by molar-refractivity contribution is 0.557. The Balaban J connectivity index is 0.000000255. The van der Waals surface area contributed by atoms with E-state index in [1.807, 2.05) is 12.2 Å². The maximum absolute atomic E-state index is 3.75. The van der Waals surface area contributed by atoms with Crippen LogP contribution in [0.4, 0.5) is 0 Å². The van der Waals surface area contributed by atoms with Gasteiger partial charge in [-0.2, -0.15) is 0 Å². The van der Waals surface area contributed by atoms with Crippen LogP contribution in [0.2, 0.25) is 0 Å². The molecule has 0 aliphatic heterocycles. The zero-order valence-corrected chi connectivity index (χ0v) is 9.89. The van der Waals surface area contributed by atoms with Gasteiger partial charge in [-0.25, -0.2) is 0 Å². The lowest BCUT2D eigenvalue weighted by Gasteiger charge is -2.15. The Morgan fingerprint density at radius 2 is 1.71 bits per heavy atom. The molecule has 0 aromatic carbocycles. The molecule has 0 amide bonds. The van der Waals surface area contributed by atoms with Crippen molar-refractivity contribution in [1.29, 1.82) is 0 Å². The molecule has 1 fully saturated rings. The molecule has 1 aliphatic carbocycles. The second-order valence-corrected chi connectivity index (χ2v) is 4.34. The van der Waals surface area contributed by atoms with Gasteiger partial charge in [-0.3, -0.25) is 0 Å². The van der Waals surface area contributed by atoms with Crippen molar-refractivity contribution in [1.82, 2.24) is 0 Å². The molecule has 0 atom stereocenters. The van der Waals surface area contributed by atoms with Gasteiger partial charge in [0.25, 0.3) is 0 Å². The van der Waals surface area contributed by atoms with Gasteiger partial charge in [-0.05, 0) is 31.1 Å². The van der Waals surface area contributed by atoms with Gasteiger partial charge in [0.1, 0.15) is 0 Å². The standard InChI is InChI=1S/C8H13.C6H12/c1-2-8-6-4-3-5-7-8;1-4-5-6(2)3/h2H,1,3-7H2;4,6H,1,5H2,2-3H3. The van der Waals surface area contributed by atoms with Crippen LogP contribution in [-0.2, 0) is 0 Å². The van der Waals surface area contributed by atoms with Gasteiger partial charge >= 0.3 is 0 Å². The molecule has 0 heteroatoms. The first-order chi connectivity index (χ1) is 6.70. The van der Waals surface area contributed by atoms with Crippen LogP contribution in [0.25, 0.3) is 0 Å². The minimum atomic E-state index is 0.780. The van der Waals surface area contributed by atoms with Gasteiger partial charge in [0.05, 0.1) is 0 Å². The first kappa shape index (κ1) is 13.5. The predicted octanol–water partition coefficient (Wildman–Crippen LogP) is 4.93. The fourth-order valence-electron chi connectivity index (χ4n) is 1.54. The van der Waals surface area contributed by atoms with E-state index >= 15 is 0 Å². The summed E-state index contributed by atoms with van der Waals surface area (Å²) in [5, 5.41) is 0. The van der Waals surface area contributed by atoms with Gasteiger partial charge in [0, 0.05) is 0 Å². The van der Waals surface area contributed by atoms with Gasteiger partial charge in [0.2, 0.25) is 0 Å². The molecule has 1 aliphatic rings. The minimum absolute atomic E-state index is 0.780. The molecule has 0 heterocycles. The van der Waals surface area contributed by atoms with Crippen molar-refractivity contribution in [2.45, 2.75) is 52.4 Å².